The fraction of sp³-hybridized carbons (Fsp3) is 0.852. The number of carboxylic acids is 1. The van der Waals surface area contributed by atoms with Gasteiger partial charge in [0.05, 0.1) is 6.42 Å². The molecule has 0 aliphatic carbocycles. The average Bonchev–Trinajstić information content (AvgIpc) is 2.78. The molecule has 0 aromatic heterocycles. The molecule has 0 heterocycles. The Hall–Kier alpha value is -2.00. The standard InChI is InChI=1S/C27H49NO8/c1-27(2,3)36-26(33)15-7-5-4-6-14-24(30)28-18-12-22-35-21-11-10-20-34-19-9-8-13-23(29)16-17-25(31)32/h4-22H2,1-3H3,(H,28,30)(H,31,32). The van der Waals surface area contributed by atoms with Crippen molar-refractivity contribution in [1.82, 2.24) is 5.32 Å². The van der Waals surface area contributed by atoms with E-state index in [0.717, 1.165) is 57.8 Å². The fourth-order valence-corrected chi connectivity index (χ4v) is 3.30. The van der Waals surface area contributed by atoms with E-state index < -0.39 is 11.6 Å². The molecule has 0 rings (SSSR count). The van der Waals surface area contributed by atoms with Crippen LogP contribution in [0.15, 0.2) is 0 Å². The van der Waals surface area contributed by atoms with Gasteiger partial charge >= 0.3 is 11.9 Å². The van der Waals surface area contributed by atoms with Crippen LogP contribution < -0.4 is 5.32 Å². The average molecular weight is 516 g/mol. The number of ketones is 1. The number of hydrogen-bond acceptors (Lipinski definition) is 7. The molecule has 0 unspecified atom stereocenters. The molecule has 0 aliphatic heterocycles. The summed E-state index contributed by atoms with van der Waals surface area (Å²) in [5, 5.41) is 11.4. The van der Waals surface area contributed by atoms with Gasteiger partial charge in [-0.1, -0.05) is 12.8 Å². The Labute approximate surface area is 217 Å². The van der Waals surface area contributed by atoms with Crippen LogP contribution in [-0.4, -0.2) is 67.3 Å². The van der Waals surface area contributed by atoms with Crippen LogP contribution in [0.5, 0.6) is 0 Å². The van der Waals surface area contributed by atoms with Crippen LogP contribution in [0, 0.1) is 0 Å². The van der Waals surface area contributed by atoms with Crippen LogP contribution in [0.1, 0.15) is 111 Å². The fourth-order valence-electron chi connectivity index (χ4n) is 3.30. The van der Waals surface area contributed by atoms with Crippen molar-refractivity contribution in [3.8, 4) is 0 Å². The third-order valence-electron chi connectivity index (χ3n) is 5.18. The first kappa shape index (κ1) is 34.0. The highest BCUT2D eigenvalue weighted by molar-refractivity contribution is 5.82. The van der Waals surface area contributed by atoms with Gasteiger partial charge in [-0.2, -0.15) is 0 Å². The summed E-state index contributed by atoms with van der Waals surface area (Å²) in [6, 6.07) is 0. The number of esters is 1. The number of rotatable bonds is 24. The molecular formula is C27H49NO8. The number of unbranched alkanes of at least 4 members (excludes halogenated alkanes) is 5. The van der Waals surface area contributed by atoms with Crippen molar-refractivity contribution in [2.45, 2.75) is 116 Å². The normalized spacial score (nSPS) is 11.3. The van der Waals surface area contributed by atoms with E-state index in [2.05, 4.69) is 5.32 Å². The van der Waals surface area contributed by atoms with E-state index in [1.807, 2.05) is 20.8 Å². The lowest BCUT2D eigenvalue weighted by Gasteiger charge is -2.19. The Morgan fingerprint density at radius 2 is 1.17 bits per heavy atom. The van der Waals surface area contributed by atoms with E-state index in [-0.39, 0.29) is 30.5 Å². The van der Waals surface area contributed by atoms with Crippen molar-refractivity contribution in [2.75, 3.05) is 33.0 Å². The Bertz CT molecular complexity index is 615. The number of Topliss-reactive ketones (excluding diaryl/α,β-unsaturated/α-hetero) is 1. The molecular weight excluding hydrogens is 466 g/mol. The first-order valence-electron chi connectivity index (χ1n) is 13.5. The summed E-state index contributed by atoms with van der Waals surface area (Å²) >= 11 is 0. The lowest BCUT2D eigenvalue weighted by molar-refractivity contribution is -0.155. The second-order valence-electron chi connectivity index (χ2n) is 10.0. The summed E-state index contributed by atoms with van der Waals surface area (Å²) in [6.45, 7) is 8.75. The minimum absolute atomic E-state index is 0.00195. The molecule has 0 aliphatic rings. The van der Waals surface area contributed by atoms with Crippen LogP contribution >= 0.6 is 0 Å². The molecule has 9 nitrogen and oxygen atoms in total. The number of carbonyl (C=O) groups is 4. The Kier molecular flexibility index (Phi) is 21.0. The molecule has 0 atom stereocenters. The van der Waals surface area contributed by atoms with Gasteiger partial charge in [-0.05, 0) is 65.7 Å². The van der Waals surface area contributed by atoms with Crippen molar-refractivity contribution in [1.29, 1.82) is 0 Å². The third kappa shape index (κ3) is 26.6. The van der Waals surface area contributed by atoms with Crippen molar-refractivity contribution in [2.24, 2.45) is 0 Å². The quantitative estimate of drug-likeness (QED) is 0.141. The molecule has 0 saturated heterocycles. The highest BCUT2D eigenvalue weighted by Gasteiger charge is 2.15. The zero-order valence-corrected chi connectivity index (χ0v) is 22.7. The van der Waals surface area contributed by atoms with Crippen LogP contribution in [0.3, 0.4) is 0 Å². The molecule has 9 heteroatoms. The number of ether oxygens (including phenoxy) is 3. The third-order valence-corrected chi connectivity index (χ3v) is 5.18. The predicted octanol–water partition coefficient (Wildman–Crippen LogP) is 4.59. The van der Waals surface area contributed by atoms with E-state index in [0.29, 0.717) is 52.2 Å². The maximum atomic E-state index is 11.9. The maximum Gasteiger partial charge on any atom is 0.306 e. The number of hydrogen-bond donors (Lipinski definition) is 2. The summed E-state index contributed by atoms with van der Waals surface area (Å²) in [7, 11) is 0. The molecule has 0 aromatic rings. The largest absolute Gasteiger partial charge is 0.481 e. The monoisotopic (exact) mass is 515 g/mol. The molecule has 0 bridgehead atoms. The van der Waals surface area contributed by atoms with Gasteiger partial charge < -0.3 is 24.6 Å². The molecule has 0 saturated carbocycles. The minimum atomic E-state index is -0.935. The molecule has 210 valence electrons. The van der Waals surface area contributed by atoms with Crippen LogP contribution in [0.25, 0.3) is 0 Å². The number of carbonyl (C=O) groups excluding carboxylic acids is 3. The number of amides is 1. The lowest BCUT2D eigenvalue weighted by atomic mass is 10.1. The van der Waals surface area contributed by atoms with Gasteiger partial charge in [0.15, 0.2) is 0 Å². The van der Waals surface area contributed by atoms with E-state index in [1.54, 1.807) is 0 Å². The molecule has 0 fully saturated rings. The van der Waals surface area contributed by atoms with Crippen molar-refractivity contribution in [3.05, 3.63) is 0 Å². The Balaban J connectivity index is 3.31. The van der Waals surface area contributed by atoms with Crippen molar-refractivity contribution < 1.29 is 38.5 Å². The van der Waals surface area contributed by atoms with E-state index >= 15 is 0 Å². The smallest absolute Gasteiger partial charge is 0.306 e. The Morgan fingerprint density at radius 1 is 0.639 bits per heavy atom. The molecule has 2 N–H and O–H groups in total. The molecule has 0 radical (unpaired) electrons. The zero-order valence-electron chi connectivity index (χ0n) is 22.7. The highest BCUT2D eigenvalue weighted by atomic mass is 16.6. The first-order valence-corrected chi connectivity index (χ1v) is 13.5. The molecule has 36 heavy (non-hydrogen) atoms. The summed E-state index contributed by atoms with van der Waals surface area (Å²) < 4.78 is 16.4. The van der Waals surface area contributed by atoms with Crippen molar-refractivity contribution in [3.63, 3.8) is 0 Å². The van der Waals surface area contributed by atoms with Gasteiger partial charge in [0.1, 0.15) is 11.4 Å². The zero-order chi connectivity index (χ0) is 27.1. The van der Waals surface area contributed by atoms with Gasteiger partial charge in [-0.15, -0.1) is 0 Å². The predicted molar refractivity (Wildman–Crippen MR) is 138 cm³/mol. The topological polar surface area (TPSA) is 128 Å². The van der Waals surface area contributed by atoms with Crippen LogP contribution in [0.2, 0.25) is 0 Å². The van der Waals surface area contributed by atoms with Crippen LogP contribution in [0.4, 0.5) is 0 Å². The molecule has 1 amide bonds. The number of aliphatic carboxylic acids is 1. The van der Waals surface area contributed by atoms with Crippen LogP contribution in [-0.2, 0) is 33.4 Å². The summed E-state index contributed by atoms with van der Waals surface area (Å²) in [4.78, 5) is 45.3. The van der Waals surface area contributed by atoms with Gasteiger partial charge in [0, 0.05) is 58.7 Å². The SMILES string of the molecule is CC(C)(C)OC(=O)CCCCCCC(=O)NCCCOCCCCOCCCCC(=O)CCC(=O)O. The lowest BCUT2D eigenvalue weighted by Crippen LogP contribution is -2.25. The Morgan fingerprint density at radius 3 is 1.75 bits per heavy atom. The first-order chi connectivity index (χ1) is 17.1. The maximum absolute atomic E-state index is 11.9. The van der Waals surface area contributed by atoms with E-state index in [1.165, 1.54) is 0 Å². The number of carboxylic acid groups (broad SMARTS) is 1. The summed E-state index contributed by atoms with van der Waals surface area (Å²) in [6.07, 6.45) is 8.97. The second-order valence-corrected chi connectivity index (χ2v) is 10.0. The van der Waals surface area contributed by atoms with Gasteiger partial charge in [-0.3, -0.25) is 19.2 Å². The number of nitrogens with one attached hydrogen (secondary N) is 1. The van der Waals surface area contributed by atoms with E-state index in [4.69, 9.17) is 19.3 Å². The van der Waals surface area contributed by atoms with Crippen molar-refractivity contribution >= 4 is 23.6 Å². The highest BCUT2D eigenvalue weighted by Crippen LogP contribution is 2.11. The van der Waals surface area contributed by atoms with Gasteiger partial charge in [0.25, 0.3) is 0 Å². The molecule has 0 spiro atoms. The molecule has 0 aromatic carbocycles. The second kappa shape index (κ2) is 22.2. The minimum Gasteiger partial charge on any atom is -0.481 e. The van der Waals surface area contributed by atoms with Gasteiger partial charge in [-0.25, -0.2) is 0 Å². The van der Waals surface area contributed by atoms with Gasteiger partial charge in [0.2, 0.25) is 5.91 Å². The van der Waals surface area contributed by atoms with E-state index in [9.17, 15) is 19.2 Å². The summed E-state index contributed by atoms with van der Waals surface area (Å²) in [5.74, 6) is -1.04. The summed E-state index contributed by atoms with van der Waals surface area (Å²) in [5.41, 5.74) is -0.436.